The molecule has 0 unspecified atom stereocenters. The molecule has 0 aliphatic carbocycles. The minimum Gasteiger partial charge on any atom is -0.484 e. The van der Waals surface area contributed by atoms with Crippen LogP contribution in [0.2, 0.25) is 0 Å². The van der Waals surface area contributed by atoms with E-state index in [4.69, 9.17) is 4.74 Å². The predicted molar refractivity (Wildman–Crippen MR) is 61.9 cm³/mol. The van der Waals surface area contributed by atoms with E-state index in [1.165, 1.54) is 11.4 Å². The average Bonchev–Trinajstić information content (AvgIpc) is 2.16. The maximum absolute atomic E-state index is 5.98. The second-order valence-electron chi connectivity index (χ2n) is 4.86. The summed E-state index contributed by atoms with van der Waals surface area (Å²) in [6.45, 7) is 7.34. The summed E-state index contributed by atoms with van der Waals surface area (Å²) in [7, 11) is 0. The minimum absolute atomic E-state index is 0.0804. The molecule has 0 aromatic heterocycles. The molecule has 0 fully saturated rings. The molecular weight excluding hydrogens is 188 g/mol. The Morgan fingerprint density at radius 1 is 1.40 bits per heavy atom. The van der Waals surface area contributed by atoms with Crippen molar-refractivity contribution in [3.8, 4) is 5.75 Å². The van der Waals surface area contributed by atoms with Crippen LogP contribution in [0.25, 0.3) is 0 Å². The van der Waals surface area contributed by atoms with Crippen LogP contribution >= 0.6 is 0 Å². The van der Waals surface area contributed by atoms with Crippen LogP contribution in [0, 0.1) is 0 Å². The molecule has 15 heavy (non-hydrogen) atoms. The second-order valence-corrected chi connectivity index (χ2v) is 4.86. The van der Waals surface area contributed by atoms with E-state index in [0.717, 1.165) is 25.4 Å². The number of rotatable bonds is 0. The molecule has 1 N–H and O–H groups in total. The fraction of sp³-hybridized carbons (Fsp3) is 0.500. The van der Waals surface area contributed by atoms with Crippen molar-refractivity contribution in [2.24, 2.45) is 0 Å². The number of nitrogens with zero attached hydrogens (tertiary/aromatic N) is 1. The summed E-state index contributed by atoms with van der Waals surface area (Å²) in [5, 5.41) is 3.41. The molecule has 3 heteroatoms. The minimum atomic E-state index is -0.0804. The second kappa shape index (κ2) is 2.81. The Morgan fingerprint density at radius 3 is 3.13 bits per heavy atom. The van der Waals surface area contributed by atoms with Crippen LogP contribution in [0.3, 0.4) is 0 Å². The molecule has 0 radical (unpaired) electrons. The van der Waals surface area contributed by atoms with Crippen LogP contribution < -0.4 is 15.0 Å². The summed E-state index contributed by atoms with van der Waals surface area (Å²) in [5.74, 6) is 1.01. The van der Waals surface area contributed by atoms with Crippen molar-refractivity contribution in [1.29, 1.82) is 0 Å². The molecule has 0 saturated carbocycles. The van der Waals surface area contributed by atoms with Gasteiger partial charge >= 0.3 is 0 Å². The molecule has 0 atom stereocenters. The first-order chi connectivity index (χ1) is 7.16. The number of hydrogen-bond acceptors (Lipinski definition) is 3. The number of ether oxygens (including phenoxy) is 1. The molecule has 1 aromatic carbocycles. The monoisotopic (exact) mass is 204 g/mol. The molecule has 1 aromatic rings. The normalized spacial score (nSPS) is 21.3. The molecule has 0 saturated heterocycles. The third-order valence-electron chi connectivity index (χ3n) is 2.97. The van der Waals surface area contributed by atoms with Gasteiger partial charge in [-0.25, -0.2) is 0 Å². The van der Waals surface area contributed by atoms with Gasteiger partial charge in [0.1, 0.15) is 17.0 Å². The third-order valence-corrected chi connectivity index (χ3v) is 2.97. The van der Waals surface area contributed by atoms with E-state index in [1.807, 2.05) is 6.07 Å². The Morgan fingerprint density at radius 2 is 2.27 bits per heavy atom. The Hall–Kier alpha value is -1.38. The topological polar surface area (TPSA) is 24.5 Å². The standard InChI is InChI=1S/C12H16N2O/c1-12(2)8-14-7-6-13-9-4-3-5-10(15-12)11(9)14/h3-5,13H,6-8H2,1-2H3. The zero-order valence-corrected chi connectivity index (χ0v) is 9.21. The van der Waals surface area contributed by atoms with Gasteiger partial charge < -0.3 is 15.0 Å². The fourth-order valence-corrected chi connectivity index (χ4v) is 2.46. The fourth-order valence-electron chi connectivity index (χ4n) is 2.46. The Bertz CT molecular complexity index is 401. The first-order valence-corrected chi connectivity index (χ1v) is 5.47. The zero-order chi connectivity index (χ0) is 10.5. The molecular formula is C12H16N2O. The van der Waals surface area contributed by atoms with Crippen LogP contribution in [0.1, 0.15) is 13.8 Å². The van der Waals surface area contributed by atoms with Gasteiger partial charge in [0.05, 0.1) is 12.2 Å². The summed E-state index contributed by atoms with van der Waals surface area (Å²) in [4.78, 5) is 2.42. The molecule has 0 amide bonds. The van der Waals surface area contributed by atoms with E-state index in [0.29, 0.717) is 0 Å². The number of para-hydroxylation sites is 1. The lowest BCUT2D eigenvalue weighted by molar-refractivity contribution is 0.105. The summed E-state index contributed by atoms with van der Waals surface area (Å²) in [6.07, 6.45) is 0. The molecule has 2 aliphatic heterocycles. The Labute approximate surface area is 90.0 Å². The van der Waals surface area contributed by atoms with Gasteiger partial charge in [0, 0.05) is 13.1 Å². The van der Waals surface area contributed by atoms with Gasteiger partial charge in [-0.3, -0.25) is 0 Å². The van der Waals surface area contributed by atoms with E-state index in [2.05, 4.69) is 36.2 Å². The van der Waals surface area contributed by atoms with Crippen LogP contribution in [-0.4, -0.2) is 25.2 Å². The quantitative estimate of drug-likeness (QED) is 0.700. The average molecular weight is 204 g/mol. The van der Waals surface area contributed by atoms with Gasteiger partial charge in [-0.1, -0.05) is 6.07 Å². The van der Waals surface area contributed by atoms with E-state index < -0.39 is 0 Å². The number of hydrogen-bond donors (Lipinski definition) is 1. The molecule has 2 aliphatic rings. The van der Waals surface area contributed by atoms with Crippen molar-refractivity contribution in [2.75, 3.05) is 29.9 Å². The van der Waals surface area contributed by atoms with E-state index in [9.17, 15) is 0 Å². The van der Waals surface area contributed by atoms with Gasteiger partial charge in [0.15, 0.2) is 0 Å². The largest absolute Gasteiger partial charge is 0.484 e. The van der Waals surface area contributed by atoms with Crippen molar-refractivity contribution in [2.45, 2.75) is 19.4 Å². The van der Waals surface area contributed by atoms with Crippen molar-refractivity contribution in [3.05, 3.63) is 18.2 Å². The maximum Gasteiger partial charge on any atom is 0.145 e. The number of benzene rings is 1. The smallest absolute Gasteiger partial charge is 0.145 e. The van der Waals surface area contributed by atoms with Crippen LogP contribution in [0.15, 0.2) is 18.2 Å². The molecule has 80 valence electrons. The maximum atomic E-state index is 5.98. The lowest BCUT2D eigenvalue weighted by Crippen LogP contribution is -2.50. The van der Waals surface area contributed by atoms with Crippen molar-refractivity contribution < 1.29 is 4.74 Å². The Kier molecular flexibility index (Phi) is 1.67. The van der Waals surface area contributed by atoms with Crippen LogP contribution in [0.4, 0.5) is 11.4 Å². The summed E-state index contributed by atoms with van der Waals surface area (Å²) >= 11 is 0. The summed E-state index contributed by atoms with van der Waals surface area (Å²) in [6, 6.07) is 6.22. The molecule has 0 spiro atoms. The van der Waals surface area contributed by atoms with Crippen LogP contribution in [-0.2, 0) is 0 Å². The molecule has 0 bridgehead atoms. The van der Waals surface area contributed by atoms with Crippen molar-refractivity contribution >= 4 is 11.4 Å². The van der Waals surface area contributed by atoms with Crippen LogP contribution in [0.5, 0.6) is 5.75 Å². The van der Waals surface area contributed by atoms with E-state index in [1.54, 1.807) is 0 Å². The highest BCUT2D eigenvalue weighted by molar-refractivity contribution is 5.79. The van der Waals surface area contributed by atoms with Gasteiger partial charge in [-0.05, 0) is 26.0 Å². The highest BCUT2D eigenvalue weighted by atomic mass is 16.5. The highest BCUT2D eigenvalue weighted by Gasteiger charge is 2.34. The van der Waals surface area contributed by atoms with E-state index in [-0.39, 0.29) is 5.60 Å². The van der Waals surface area contributed by atoms with Crippen molar-refractivity contribution in [3.63, 3.8) is 0 Å². The van der Waals surface area contributed by atoms with E-state index >= 15 is 0 Å². The van der Waals surface area contributed by atoms with Gasteiger partial charge in [-0.15, -0.1) is 0 Å². The van der Waals surface area contributed by atoms with Gasteiger partial charge in [-0.2, -0.15) is 0 Å². The highest BCUT2D eigenvalue weighted by Crippen LogP contribution is 2.43. The lowest BCUT2D eigenvalue weighted by atomic mass is 10.0. The third kappa shape index (κ3) is 1.34. The summed E-state index contributed by atoms with van der Waals surface area (Å²) < 4.78 is 5.98. The summed E-state index contributed by atoms with van der Waals surface area (Å²) in [5.41, 5.74) is 2.36. The Balaban J connectivity index is 2.14. The van der Waals surface area contributed by atoms with Gasteiger partial charge in [0.2, 0.25) is 0 Å². The number of nitrogens with one attached hydrogen (secondary N) is 1. The number of anilines is 2. The SMILES string of the molecule is CC1(C)CN2CCNc3cccc(c32)O1. The first kappa shape index (κ1) is 8.89. The molecule has 2 heterocycles. The molecule has 3 rings (SSSR count). The predicted octanol–water partition coefficient (Wildman–Crippen LogP) is 2.09. The lowest BCUT2D eigenvalue weighted by Gasteiger charge is -2.44. The first-order valence-electron chi connectivity index (χ1n) is 5.47. The zero-order valence-electron chi connectivity index (χ0n) is 9.21. The van der Waals surface area contributed by atoms with Gasteiger partial charge in [0.25, 0.3) is 0 Å². The van der Waals surface area contributed by atoms with Crippen molar-refractivity contribution in [1.82, 2.24) is 0 Å². The molecule has 3 nitrogen and oxygen atoms in total.